The maximum atomic E-state index is 2.61. The zero-order valence-corrected chi connectivity index (χ0v) is 13.2. The van der Waals surface area contributed by atoms with Crippen LogP contribution in [0.3, 0.4) is 0 Å². The van der Waals surface area contributed by atoms with E-state index in [1.165, 1.54) is 69.9 Å². The van der Waals surface area contributed by atoms with Crippen molar-refractivity contribution in [1.82, 2.24) is 4.90 Å². The Bertz CT molecular complexity index is 346. The van der Waals surface area contributed by atoms with E-state index >= 15 is 0 Å². The van der Waals surface area contributed by atoms with Gasteiger partial charge >= 0.3 is 0 Å². The zero-order chi connectivity index (χ0) is 14.0. The number of benzene rings is 1. The topological polar surface area (TPSA) is 3.01 Å². The van der Waals surface area contributed by atoms with Crippen LogP contribution >= 0.6 is 0 Å². The minimum Gasteiger partial charge on any atom is -0.293 e. The molecule has 0 saturated carbocycles. The smallest absolute Gasteiger partial charge is 0.0237 e. The van der Waals surface area contributed by atoms with Gasteiger partial charge in [0.2, 0.25) is 0 Å². The summed E-state index contributed by atoms with van der Waals surface area (Å²) >= 11 is 0. The van der Waals surface area contributed by atoms with Crippen molar-refractivity contribution >= 4 is 0 Å². The van der Waals surface area contributed by atoms with E-state index in [1.807, 2.05) is 0 Å². The molecule has 1 nitrogen and oxygen atoms in total. The summed E-state index contributed by atoms with van der Waals surface area (Å²) < 4.78 is 0. The van der Waals surface area contributed by atoms with Crippen LogP contribution in [0.1, 0.15) is 70.3 Å². The molecule has 0 amide bonds. The molecule has 1 aromatic carbocycles. The molecule has 1 fully saturated rings. The molecule has 0 bridgehead atoms. The monoisotopic (exact) mass is 273 g/mol. The molecule has 1 aromatic rings. The second-order valence-electron chi connectivity index (χ2n) is 6.33. The van der Waals surface area contributed by atoms with E-state index < -0.39 is 0 Å². The Kier molecular flexibility index (Phi) is 7.14. The lowest BCUT2D eigenvalue weighted by molar-refractivity contribution is 0.470. The number of rotatable bonds is 11. The zero-order valence-electron chi connectivity index (χ0n) is 13.2. The standard InChI is InChI=1S/C19H31N/c1-2-3-4-5-6-7-8-12-15-19-17-20(19)16-18-13-10-9-11-14-18/h9-11,13-14,19H,2-8,12,15-17H2,1H3/t19-,20?/m1/s1. The van der Waals surface area contributed by atoms with Crippen LogP contribution in [0.5, 0.6) is 0 Å². The Balaban J connectivity index is 1.43. The second-order valence-corrected chi connectivity index (χ2v) is 6.33. The number of hydrogen-bond acceptors (Lipinski definition) is 1. The van der Waals surface area contributed by atoms with Gasteiger partial charge in [-0.2, -0.15) is 0 Å². The molecule has 0 N–H and O–H groups in total. The Hall–Kier alpha value is -0.820. The van der Waals surface area contributed by atoms with Crippen molar-refractivity contribution in [1.29, 1.82) is 0 Å². The van der Waals surface area contributed by atoms with Crippen LogP contribution in [0.15, 0.2) is 30.3 Å². The molecule has 112 valence electrons. The molecule has 1 aliphatic rings. The summed E-state index contributed by atoms with van der Waals surface area (Å²) in [5.41, 5.74) is 1.46. The normalized spacial score (nSPS) is 21.1. The molecular formula is C19H31N. The number of nitrogens with zero attached hydrogens (tertiary/aromatic N) is 1. The van der Waals surface area contributed by atoms with Crippen molar-refractivity contribution < 1.29 is 0 Å². The lowest BCUT2D eigenvalue weighted by Gasteiger charge is -2.04. The maximum absolute atomic E-state index is 2.61. The quantitative estimate of drug-likeness (QED) is 0.385. The molecule has 1 heterocycles. The Morgan fingerprint density at radius 1 is 0.900 bits per heavy atom. The largest absolute Gasteiger partial charge is 0.293 e. The molecule has 1 heteroatoms. The maximum Gasteiger partial charge on any atom is 0.0237 e. The molecule has 0 spiro atoms. The third kappa shape index (κ3) is 6.09. The average molecular weight is 273 g/mol. The molecule has 2 rings (SSSR count). The molecule has 0 aromatic heterocycles. The Labute approximate surface area is 125 Å². The lowest BCUT2D eigenvalue weighted by atomic mass is 10.1. The molecule has 0 aliphatic carbocycles. The fourth-order valence-corrected chi connectivity index (χ4v) is 3.02. The SMILES string of the molecule is CCCCCCCCCC[C@@H]1CN1Cc1ccccc1. The van der Waals surface area contributed by atoms with Crippen LogP contribution in [-0.4, -0.2) is 17.5 Å². The summed E-state index contributed by atoms with van der Waals surface area (Å²) in [6, 6.07) is 11.8. The summed E-state index contributed by atoms with van der Waals surface area (Å²) in [7, 11) is 0. The van der Waals surface area contributed by atoms with Gasteiger partial charge in [0.05, 0.1) is 0 Å². The van der Waals surface area contributed by atoms with Gasteiger partial charge < -0.3 is 0 Å². The highest BCUT2D eigenvalue weighted by Gasteiger charge is 2.32. The predicted octanol–water partition coefficient (Wildman–Crippen LogP) is 5.40. The van der Waals surface area contributed by atoms with Crippen molar-refractivity contribution in [2.24, 2.45) is 0 Å². The van der Waals surface area contributed by atoms with Crippen LogP contribution in [0.2, 0.25) is 0 Å². The highest BCUT2D eigenvalue weighted by Crippen LogP contribution is 2.26. The molecule has 2 atom stereocenters. The van der Waals surface area contributed by atoms with Crippen LogP contribution in [0, 0.1) is 0 Å². The van der Waals surface area contributed by atoms with Gasteiger partial charge in [-0.3, -0.25) is 4.90 Å². The van der Waals surface area contributed by atoms with Crippen molar-refractivity contribution in [3.63, 3.8) is 0 Å². The third-order valence-corrected chi connectivity index (χ3v) is 4.45. The second kappa shape index (κ2) is 9.18. The van der Waals surface area contributed by atoms with E-state index in [2.05, 4.69) is 42.2 Å². The van der Waals surface area contributed by atoms with Gasteiger partial charge in [-0.1, -0.05) is 88.6 Å². The first kappa shape index (κ1) is 15.6. The first-order chi connectivity index (χ1) is 9.90. The van der Waals surface area contributed by atoms with Crippen molar-refractivity contribution in [3.05, 3.63) is 35.9 Å². The fourth-order valence-electron chi connectivity index (χ4n) is 3.02. The molecule has 1 aliphatic heterocycles. The predicted molar refractivity (Wildman–Crippen MR) is 87.9 cm³/mol. The summed E-state index contributed by atoms with van der Waals surface area (Å²) in [4.78, 5) is 2.61. The van der Waals surface area contributed by atoms with Gasteiger partial charge in [0.25, 0.3) is 0 Å². The highest BCUT2D eigenvalue weighted by molar-refractivity contribution is 5.15. The Morgan fingerprint density at radius 2 is 1.55 bits per heavy atom. The summed E-state index contributed by atoms with van der Waals surface area (Å²) in [5, 5.41) is 0. The average Bonchev–Trinajstić information content (AvgIpc) is 3.21. The Morgan fingerprint density at radius 3 is 2.25 bits per heavy atom. The number of unbranched alkanes of at least 4 members (excludes halogenated alkanes) is 7. The van der Waals surface area contributed by atoms with Gasteiger partial charge in [-0.25, -0.2) is 0 Å². The minimum absolute atomic E-state index is 0.885. The van der Waals surface area contributed by atoms with Gasteiger partial charge in [-0.15, -0.1) is 0 Å². The van der Waals surface area contributed by atoms with Crippen LogP contribution in [0.25, 0.3) is 0 Å². The highest BCUT2D eigenvalue weighted by atomic mass is 15.3. The van der Waals surface area contributed by atoms with Gasteiger partial charge in [-0.05, 0) is 12.0 Å². The molecule has 0 radical (unpaired) electrons. The van der Waals surface area contributed by atoms with Crippen LogP contribution in [-0.2, 0) is 6.54 Å². The van der Waals surface area contributed by atoms with Crippen molar-refractivity contribution in [3.8, 4) is 0 Å². The summed E-state index contributed by atoms with van der Waals surface area (Å²) in [5.74, 6) is 0. The van der Waals surface area contributed by atoms with Crippen LogP contribution < -0.4 is 0 Å². The van der Waals surface area contributed by atoms with Gasteiger partial charge in [0.1, 0.15) is 0 Å². The molecule has 1 saturated heterocycles. The molecule has 1 unspecified atom stereocenters. The fraction of sp³-hybridized carbons (Fsp3) is 0.684. The van der Waals surface area contributed by atoms with Crippen LogP contribution in [0.4, 0.5) is 0 Å². The third-order valence-electron chi connectivity index (χ3n) is 4.45. The molecular weight excluding hydrogens is 242 g/mol. The lowest BCUT2D eigenvalue weighted by Crippen LogP contribution is -2.02. The summed E-state index contributed by atoms with van der Waals surface area (Å²) in [6.07, 6.45) is 12.9. The van der Waals surface area contributed by atoms with E-state index in [0.717, 1.165) is 12.6 Å². The van der Waals surface area contributed by atoms with E-state index in [-0.39, 0.29) is 0 Å². The minimum atomic E-state index is 0.885. The van der Waals surface area contributed by atoms with E-state index in [0.29, 0.717) is 0 Å². The molecule has 20 heavy (non-hydrogen) atoms. The van der Waals surface area contributed by atoms with Crippen molar-refractivity contribution in [2.45, 2.75) is 77.3 Å². The number of hydrogen-bond donors (Lipinski definition) is 0. The van der Waals surface area contributed by atoms with Crippen molar-refractivity contribution in [2.75, 3.05) is 6.54 Å². The first-order valence-electron chi connectivity index (χ1n) is 8.68. The van der Waals surface area contributed by atoms with E-state index in [1.54, 1.807) is 0 Å². The van der Waals surface area contributed by atoms with E-state index in [9.17, 15) is 0 Å². The van der Waals surface area contributed by atoms with Gasteiger partial charge in [0.15, 0.2) is 0 Å². The van der Waals surface area contributed by atoms with E-state index in [4.69, 9.17) is 0 Å². The van der Waals surface area contributed by atoms with Gasteiger partial charge in [0, 0.05) is 19.1 Å². The summed E-state index contributed by atoms with van der Waals surface area (Å²) in [6.45, 7) is 4.77. The first-order valence-corrected chi connectivity index (χ1v) is 8.68.